The molecule has 1 aliphatic rings. The molecule has 3 N–H and O–H groups in total. The van der Waals surface area contributed by atoms with Crippen LogP contribution in [0.2, 0.25) is 0 Å². The average Bonchev–Trinajstić information content (AvgIpc) is 2.41. The van der Waals surface area contributed by atoms with Crippen molar-refractivity contribution in [2.75, 3.05) is 17.7 Å². The topological polar surface area (TPSA) is 59.6 Å². The number of aryl methyl sites for hydroxylation is 1. The van der Waals surface area contributed by atoms with Crippen LogP contribution in [0.3, 0.4) is 0 Å². The second-order valence-corrected chi connectivity index (χ2v) is 4.51. The minimum Gasteiger partial charge on any atom is -0.483 e. The lowest BCUT2D eigenvalue weighted by atomic mass is 10.2. The van der Waals surface area contributed by atoms with E-state index in [1.54, 1.807) is 0 Å². The number of amidine groups is 1. The molecular weight excluding hydrogens is 238 g/mol. The largest absolute Gasteiger partial charge is 0.483 e. The van der Waals surface area contributed by atoms with E-state index < -0.39 is 0 Å². The lowest BCUT2D eigenvalue weighted by Crippen LogP contribution is -2.25. The number of para-hydroxylation sites is 1. The minimum atomic E-state index is 0.421. The number of nitrogens with two attached hydrogens (primary N) is 1. The molecule has 3 rings (SSSR count). The van der Waals surface area contributed by atoms with Crippen LogP contribution in [-0.4, -0.2) is 12.4 Å². The summed E-state index contributed by atoms with van der Waals surface area (Å²) in [7, 11) is 0. The van der Waals surface area contributed by atoms with E-state index in [9.17, 15) is 0 Å². The van der Waals surface area contributed by atoms with E-state index in [0.29, 0.717) is 12.3 Å². The molecule has 0 spiro atoms. The lowest BCUT2D eigenvalue weighted by Gasteiger charge is -2.21. The smallest absolute Gasteiger partial charge is 0.146 e. The number of ether oxygens (including phenoxy) is 1. The summed E-state index contributed by atoms with van der Waals surface area (Å²) >= 11 is 0. The third-order valence-electron chi connectivity index (χ3n) is 3.02. The molecule has 19 heavy (non-hydrogen) atoms. The number of benzene rings is 2. The minimum absolute atomic E-state index is 0.421. The predicted molar refractivity (Wildman–Crippen MR) is 78.2 cm³/mol. The zero-order valence-electron chi connectivity index (χ0n) is 10.7. The highest BCUT2D eigenvalue weighted by Crippen LogP contribution is 2.30. The Kier molecular flexibility index (Phi) is 2.83. The Labute approximate surface area is 111 Å². The van der Waals surface area contributed by atoms with Gasteiger partial charge in [-0.05, 0) is 30.7 Å². The molecule has 0 bridgehead atoms. The highest BCUT2D eigenvalue weighted by molar-refractivity contribution is 6.01. The normalized spacial score (nSPS) is 15.5. The maximum Gasteiger partial charge on any atom is 0.146 e. The Morgan fingerprint density at radius 1 is 1.21 bits per heavy atom. The second-order valence-electron chi connectivity index (χ2n) is 4.51. The molecule has 96 valence electrons. The quantitative estimate of drug-likeness (QED) is 0.768. The number of nitrogens with zero attached hydrogens (tertiary/aromatic N) is 1. The first-order chi connectivity index (χ1) is 9.22. The predicted octanol–water partition coefficient (Wildman–Crippen LogP) is 3.11. The molecule has 0 aliphatic carbocycles. The van der Waals surface area contributed by atoms with Crippen LogP contribution >= 0.6 is 0 Å². The molecule has 2 aromatic carbocycles. The van der Waals surface area contributed by atoms with Crippen LogP contribution < -0.4 is 15.8 Å². The number of hydrogen-bond acceptors (Lipinski definition) is 3. The summed E-state index contributed by atoms with van der Waals surface area (Å²) in [5.74, 6) is 1.57. The Bertz CT molecular complexity index is 650. The van der Waals surface area contributed by atoms with E-state index in [1.165, 1.54) is 0 Å². The fourth-order valence-electron chi connectivity index (χ4n) is 1.99. The van der Waals surface area contributed by atoms with Gasteiger partial charge in [0.15, 0.2) is 0 Å². The highest BCUT2D eigenvalue weighted by Gasteiger charge is 2.14. The third-order valence-corrected chi connectivity index (χ3v) is 3.02. The van der Waals surface area contributed by atoms with Crippen molar-refractivity contribution in [1.29, 1.82) is 0 Å². The van der Waals surface area contributed by atoms with Crippen molar-refractivity contribution in [3.8, 4) is 5.75 Å². The third kappa shape index (κ3) is 2.38. The number of anilines is 2. The summed E-state index contributed by atoms with van der Waals surface area (Å²) in [4.78, 5) is 4.59. The van der Waals surface area contributed by atoms with Crippen LogP contribution in [0, 0.1) is 6.92 Å². The van der Waals surface area contributed by atoms with Gasteiger partial charge in [-0.2, -0.15) is 0 Å². The fraction of sp³-hybridized carbons (Fsp3) is 0.133. The molecule has 0 saturated carbocycles. The summed E-state index contributed by atoms with van der Waals surface area (Å²) in [6, 6.07) is 13.6. The molecular formula is C15H15N3O. The number of hydrogen-bond donors (Lipinski definition) is 2. The Morgan fingerprint density at radius 3 is 2.89 bits per heavy atom. The van der Waals surface area contributed by atoms with Crippen molar-refractivity contribution in [3.63, 3.8) is 0 Å². The van der Waals surface area contributed by atoms with Gasteiger partial charge in [-0.15, -0.1) is 0 Å². The van der Waals surface area contributed by atoms with Crippen molar-refractivity contribution in [2.45, 2.75) is 6.92 Å². The van der Waals surface area contributed by atoms with Crippen molar-refractivity contribution >= 4 is 22.9 Å². The van der Waals surface area contributed by atoms with Crippen molar-refractivity contribution < 1.29 is 4.74 Å². The summed E-state index contributed by atoms with van der Waals surface area (Å²) in [5.41, 5.74) is 9.40. The van der Waals surface area contributed by atoms with Crippen LogP contribution in [0.4, 0.5) is 17.1 Å². The average molecular weight is 253 g/mol. The maximum absolute atomic E-state index is 5.72. The van der Waals surface area contributed by atoms with Gasteiger partial charge in [0.2, 0.25) is 0 Å². The van der Waals surface area contributed by atoms with Crippen LogP contribution in [0.25, 0.3) is 0 Å². The first-order valence-corrected chi connectivity index (χ1v) is 6.15. The summed E-state index contributed by atoms with van der Waals surface area (Å²) in [5, 5.41) is 3.27. The Hall–Kier alpha value is -2.49. The molecule has 0 aromatic heterocycles. The van der Waals surface area contributed by atoms with Crippen LogP contribution in [0.15, 0.2) is 47.5 Å². The molecule has 0 atom stereocenters. The molecule has 2 aromatic rings. The molecule has 0 radical (unpaired) electrons. The van der Waals surface area contributed by atoms with E-state index in [2.05, 4.69) is 10.3 Å². The fourth-order valence-corrected chi connectivity index (χ4v) is 1.99. The molecule has 0 fully saturated rings. The molecule has 0 saturated heterocycles. The van der Waals surface area contributed by atoms with Gasteiger partial charge in [-0.1, -0.05) is 18.2 Å². The summed E-state index contributed by atoms with van der Waals surface area (Å²) < 4.78 is 5.66. The Balaban J connectivity index is 1.90. The van der Waals surface area contributed by atoms with E-state index in [4.69, 9.17) is 10.5 Å². The maximum atomic E-state index is 5.72. The number of rotatable bonds is 1. The van der Waals surface area contributed by atoms with Gasteiger partial charge in [-0.3, -0.25) is 0 Å². The summed E-state index contributed by atoms with van der Waals surface area (Å²) in [6.45, 7) is 2.46. The summed E-state index contributed by atoms with van der Waals surface area (Å²) in [6.07, 6.45) is 0. The lowest BCUT2D eigenvalue weighted by molar-refractivity contribution is 0.372. The number of aliphatic imine (C=N–C) groups is 1. The zero-order chi connectivity index (χ0) is 13.2. The molecule has 1 aliphatic heterocycles. The molecule has 4 heteroatoms. The van der Waals surface area contributed by atoms with E-state index >= 15 is 0 Å². The van der Waals surface area contributed by atoms with Gasteiger partial charge < -0.3 is 15.8 Å². The van der Waals surface area contributed by atoms with Crippen molar-refractivity contribution in [1.82, 2.24) is 0 Å². The molecule has 0 unspecified atom stereocenters. The molecule has 0 amide bonds. The van der Waals surface area contributed by atoms with Gasteiger partial charge in [0, 0.05) is 11.8 Å². The van der Waals surface area contributed by atoms with Gasteiger partial charge in [0.25, 0.3) is 0 Å². The Morgan fingerprint density at radius 2 is 2.05 bits per heavy atom. The van der Waals surface area contributed by atoms with Gasteiger partial charge in [0.05, 0.1) is 11.4 Å². The first kappa shape index (κ1) is 11.6. The SMILES string of the molecule is Cc1ccccc1N=C1COc2cc(N)ccc2N1. The zero-order valence-corrected chi connectivity index (χ0v) is 10.7. The number of fused-ring (bicyclic) bond motifs is 1. The van der Waals surface area contributed by atoms with Gasteiger partial charge in [0.1, 0.15) is 18.2 Å². The monoisotopic (exact) mass is 253 g/mol. The van der Waals surface area contributed by atoms with Crippen LogP contribution in [-0.2, 0) is 0 Å². The highest BCUT2D eigenvalue weighted by atomic mass is 16.5. The van der Waals surface area contributed by atoms with Crippen molar-refractivity contribution in [3.05, 3.63) is 48.0 Å². The molecule has 4 nitrogen and oxygen atoms in total. The standard InChI is InChI=1S/C15H15N3O/c1-10-4-2-3-5-12(10)17-15-9-19-14-8-11(16)6-7-13(14)18-15/h2-8H,9,16H2,1H3,(H,17,18). The van der Waals surface area contributed by atoms with E-state index in [1.807, 2.05) is 49.4 Å². The number of nitrogen functional groups attached to an aromatic ring is 1. The van der Waals surface area contributed by atoms with E-state index in [-0.39, 0.29) is 0 Å². The molecule has 1 heterocycles. The number of nitrogens with one attached hydrogen (secondary N) is 1. The first-order valence-electron chi connectivity index (χ1n) is 6.15. The second kappa shape index (κ2) is 4.65. The van der Waals surface area contributed by atoms with Gasteiger partial charge >= 0.3 is 0 Å². The van der Waals surface area contributed by atoms with Crippen molar-refractivity contribution in [2.24, 2.45) is 4.99 Å². The van der Waals surface area contributed by atoms with Crippen LogP contribution in [0.5, 0.6) is 5.75 Å². The van der Waals surface area contributed by atoms with E-state index in [0.717, 1.165) is 28.5 Å². The van der Waals surface area contributed by atoms with Crippen LogP contribution in [0.1, 0.15) is 5.56 Å². The van der Waals surface area contributed by atoms with Gasteiger partial charge in [-0.25, -0.2) is 4.99 Å².